The first kappa shape index (κ1) is 22.6. The number of amides is 1. The van der Waals surface area contributed by atoms with Gasteiger partial charge in [0.15, 0.2) is 17.4 Å². The van der Waals surface area contributed by atoms with Crippen LogP contribution in [0.2, 0.25) is 0 Å². The van der Waals surface area contributed by atoms with Gasteiger partial charge in [-0.05, 0) is 42.0 Å². The minimum absolute atomic E-state index is 0.136. The first-order valence-corrected chi connectivity index (χ1v) is 9.20. The van der Waals surface area contributed by atoms with E-state index >= 15 is 0 Å². The summed E-state index contributed by atoms with van der Waals surface area (Å²) < 4.78 is 51.2. The maximum absolute atomic E-state index is 13.7. The zero-order chi connectivity index (χ0) is 23.4. The molecule has 0 aliphatic rings. The van der Waals surface area contributed by atoms with Gasteiger partial charge < -0.3 is 14.4 Å². The molecule has 0 saturated carbocycles. The number of hydrogen-bond acceptors (Lipinski definition) is 5. The van der Waals surface area contributed by atoms with Crippen molar-refractivity contribution in [1.29, 1.82) is 0 Å². The van der Waals surface area contributed by atoms with Crippen molar-refractivity contribution in [3.63, 3.8) is 0 Å². The van der Waals surface area contributed by atoms with Gasteiger partial charge in [-0.3, -0.25) is 14.9 Å². The lowest BCUT2D eigenvalue weighted by Gasteiger charge is -2.12. The second kappa shape index (κ2) is 9.38. The molecule has 32 heavy (non-hydrogen) atoms. The van der Waals surface area contributed by atoms with Crippen molar-refractivity contribution in [3.05, 3.63) is 93.3 Å². The summed E-state index contributed by atoms with van der Waals surface area (Å²) in [7, 11) is 3.21. The van der Waals surface area contributed by atoms with Gasteiger partial charge >= 0.3 is 5.69 Å². The fourth-order valence-electron chi connectivity index (χ4n) is 2.75. The minimum atomic E-state index is -1.21. The molecule has 10 heteroatoms. The Morgan fingerprint density at radius 2 is 1.62 bits per heavy atom. The third-order valence-corrected chi connectivity index (χ3v) is 4.30. The van der Waals surface area contributed by atoms with Crippen LogP contribution in [0.3, 0.4) is 0 Å². The summed E-state index contributed by atoms with van der Waals surface area (Å²) >= 11 is 0. The maximum atomic E-state index is 13.7. The van der Waals surface area contributed by atoms with Crippen LogP contribution in [-0.2, 0) is 6.61 Å². The molecule has 3 aromatic carbocycles. The Balaban J connectivity index is 1.82. The first-order chi connectivity index (χ1) is 15.2. The Morgan fingerprint density at radius 1 is 1.00 bits per heavy atom. The van der Waals surface area contributed by atoms with Crippen molar-refractivity contribution in [2.75, 3.05) is 14.1 Å². The van der Waals surface area contributed by atoms with E-state index in [1.54, 1.807) is 14.1 Å². The second-order valence-corrected chi connectivity index (χ2v) is 6.87. The monoisotopic (exact) mass is 446 g/mol. The number of hydrogen-bond donors (Lipinski definition) is 0. The highest BCUT2D eigenvalue weighted by molar-refractivity contribution is 5.93. The van der Waals surface area contributed by atoms with E-state index in [0.717, 1.165) is 6.07 Å². The van der Waals surface area contributed by atoms with Gasteiger partial charge in [0.2, 0.25) is 5.75 Å². The topological polar surface area (TPSA) is 81.9 Å². The van der Waals surface area contributed by atoms with Gasteiger partial charge in [0.25, 0.3) is 5.91 Å². The molecule has 1 amide bonds. The van der Waals surface area contributed by atoms with Crippen LogP contribution in [0.15, 0.2) is 54.6 Å². The highest BCUT2D eigenvalue weighted by Crippen LogP contribution is 2.33. The van der Waals surface area contributed by atoms with Gasteiger partial charge in [0, 0.05) is 37.9 Å². The molecule has 3 rings (SSSR count). The summed E-state index contributed by atoms with van der Waals surface area (Å²) in [5, 5.41) is 11.4. The summed E-state index contributed by atoms with van der Waals surface area (Å²) in [6.07, 6.45) is 0. The van der Waals surface area contributed by atoms with E-state index in [2.05, 4.69) is 0 Å². The van der Waals surface area contributed by atoms with Crippen LogP contribution in [-0.4, -0.2) is 29.8 Å². The second-order valence-electron chi connectivity index (χ2n) is 6.87. The van der Waals surface area contributed by atoms with Crippen LogP contribution in [0.1, 0.15) is 15.9 Å². The molecule has 0 atom stereocenters. The molecule has 0 aliphatic heterocycles. The molecule has 0 bridgehead atoms. The standard InChI is InChI=1S/C22H17F3N2O5/c1-26(2)22(28)14-4-6-16(7-5-14)32-20-9-13(3-8-19(20)27(29)30)12-31-21-17(24)10-15(23)11-18(21)25/h3-11H,12H2,1-2H3. The van der Waals surface area contributed by atoms with Crippen molar-refractivity contribution in [3.8, 4) is 17.2 Å². The Morgan fingerprint density at radius 3 is 2.19 bits per heavy atom. The van der Waals surface area contributed by atoms with Crippen molar-refractivity contribution >= 4 is 11.6 Å². The van der Waals surface area contributed by atoms with Crippen molar-refractivity contribution in [2.45, 2.75) is 6.61 Å². The molecule has 3 aromatic rings. The van der Waals surface area contributed by atoms with E-state index in [1.165, 1.54) is 41.3 Å². The van der Waals surface area contributed by atoms with Crippen LogP contribution in [0.4, 0.5) is 18.9 Å². The molecule has 0 heterocycles. The van der Waals surface area contributed by atoms with E-state index in [4.69, 9.17) is 9.47 Å². The average molecular weight is 446 g/mol. The van der Waals surface area contributed by atoms with Crippen LogP contribution in [0.5, 0.6) is 17.2 Å². The number of benzene rings is 3. The number of carbonyl (C=O) groups excluding carboxylic acids is 1. The Bertz CT molecular complexity index is 1140. The van der Waals surface area contributed by atoms with E-state index in [-0.39, 0.29) is 29.7 Å². The van der Waals surface area contributed by atoms with E-state index < -0.39 is 28.1 Å². The smallest absolute Gasteiger partial charge is 0.311 e. The zero-order valence-corrected chi connectivity index (χ0v) is 17.0. The predicted octanol–water partition coefficient (Wildman–Crippen LogP) is 5.09. The molecule has 7 nitrogen and oxygen atoms in total. The van der Waals surface area contributed by atoms with Crippen LogP contribution in [0, 0.1) is 27.6 Å². The lowest BCUT2D eigenvalue weighted by Crippen LogP contribution is -2.21. The molecule has 0 saturated heterocycles. The largest absolute Gasteiger partial charge is 0.483 e. The number of nitro groups is 1. The van der Waals surface area contributed by atoms with E-state index in [9.17, 15) is 28.1 Å². The molecular formula is C22H17F3N2O5. The molecular weight excluding hydrogens is 429 g/mol. The van der Waals surface area contributed by atoms with Gasteiger partial charge in [-0.2, -0.15) is 0 Å². The fourth-order valence-corrected chi connectivity index (χ4v) is 2.75. The Kier molecular flexibility index (Phi) is 6.62. The number of ether oxygens (including phenoxy) is 2. The lowest BCUT2D eigenvalue weighted by molar-refractivity contribution is -0.385. The fraction of sp³-hybridized carbons (Fsp3) is 0.136. The number of halogens is 3. The van der Waals surface area contributed by atoms with Crippen molar-refractivity contribution in [1.82, 2.24) is 4.90 Å². The molecule has 0 fully saturated rings. The Labute approximate surface area is 180 Å². The highest BCUT2D eigenvalue weighted by Gasteiger charge is 2.18. The van der Waals surface area contributed by atoms with Gasteiger partial charge in [0.05, 0.1) is 4.92 Å². The molecule has 166 valence electrons. The molecule has 0 aromatic heterocycles. The predicted molar refractivity (Wildman–Crippen MR) is 108 cm³/mol. The third-order valence-electron chi connectivity index (χ3n) is 4.30. The molecule has 0 aliphatic carbocycles. The maximum Gasteiger partial charge on any atom is 0.311 e. The number of nitro benzene ring substituents is 1. The van der Waals surface area contributed by atoms with Crippen molar-refractivity contribution < 1.29 is 32.4 Å². The first-order valence-electron chi connectivity index (χ1n) is 9.20. The molecule has 0 N–H and O–H groups in total. The van der Waals surface area contributed by atoms with Gasteiger partial charge in [-0.15, -0.1) is 0 Å². The summed E-state index contributed by atoms with van der Waals surface area (Å²) in [5.74, 6) is -4.41. The van der Waals surface area contributed by atoms with Crippen LogP contribution in [0.25, 0.3) is 0 Å². The minimum Gasteiger partial charge on any atom is -0.483 e. The SMILES string of the molecule is CN(C)C(=O)c1ccc(Oc2cc(COc3c(F)cc(F)cc3F)ccc2[N+](=O)[O-])cc1. The summed E-state index contributed by atoms with van der Waals surface area (Å²) in [4.78, 5) is 24.1. The third kappa shape index (κ3) is 5.15. The molecule has 0 unspecified atom stereocenters. The van der Waals surface area contributed by atoms with E-state index in [0.29, 0.717) is 23.3 Å². The quantitative estimate of drug-likeness (QED) is 0.373. The normalized spacial score (nSPS) is 10.5. The summed E-state index contributed by atoms with van der Waals surface area (Å²) in [6, 6.07) is 10.7. The number of rotatable bonds is 7. The average Bonchev–Trinajstić information content (AvgIpc) is 2.73. The summed E-state index contributed by atoms with van der Waals surface area (Å²) in [5.41, 5.74) is 0.372. The lowest BCUT2D eigenvalue weighted by atomic mass is 10.2. The molecule has 0 radical (unpaired) electrons. The Hall–Kier alpha value is -4.08. The number of carbonyl (C=O) groups is 1. The van der Waals surface area contributed by atoms with E-state index in [1.807, 2.05) is 0 Å². The number of nitrogens with zero attached hydrogens (tertiary/aromatic N) is 2. The zero-order valence-electron chi connectivity index (χ0n) is 17.0. The molecule has 0 spiro atoms. The van der Waals surface area contributed by atoms with Crippen LogP contribution < -0.4 is 9.47 Å². The summed E-state index contributed by atoms with van der Waals surface area (Å²) in [6.45, 7) is -0.357. The van der Waals surface area contributed by atoms with Gasteiger partial charge in [-0.25, -0.2) is 13.2 Å². The van der Waals surface area contributed by atoms with Crippen molar-refractivity contribution in [2.24, 2.45) is 0 Å². The van der Waals surface area contributed by atoms with Crippen LogP contribution >= 0.6 is 0 Å². The van der Waals surface area contributed by atoms with Gasteiger partial charge in [-0.1, -0.05) is 0 Å². The van der Waals surface area contributed by atoms with Gasteiger partial charge in [0.1, 0.15) is 18.2 Å². The highest BCUT2D eigenvalue weighted by atomic mass is 19.1.